The molecule has 6 nitrogen and oxygen atoms in total. The molecule has 2 amide bonds. The Balaban J connectivity index is 1.97. The van der Waals surface area contributed by atoms with E-state index >= 15 is 0 Å². The molecule has 1 aromatic carbocycles. The van der Waals surface area contributed by atoms with E-state index in [2.05, 4.69) is 5.32 Å². The maximum absolute atomic E-state index is 12.2. The lowest BCUT2D eigenvalue weighted by Crippen LogP contribution is -2.40. The Bertz CT molecular complexity index is 544. The predicted octanol–water partition coefficient (Wildman–Crippen LogP) is 1.59. The summed E-state index contributed by atoms with van der Waals surface area (Å²) in [6.45, 7) is 5.26. The third kappa shape index (κ3) is 4.45. The third-order valence-electron chi connectivity index (χ3n) is 3.76. The molecule has 1 heterocycles. The number of hydrogen-bond donors (Lipinski definition) is 1. The van der Waals surface area contributed by atoms with Crippen LogP contribution in [0.3, 0.4) is 0 Å². The molecule has 1 aliphatic heterocycles. The van der Waals surface area contributed by atoms with Crippen LogP contribution in [0.15, 0.2) is 24.3 Å². The number of carbonyl (C=O) groups is 2. The van der Waals surface area contributed by atoms with E-state index in [0.29, 0.717) is 19.8 Å². The number of anilines is 1. The number of carbonyl (C=O) groups excluding carboxylic acids is 2. The maximum Gasteiger partial charge on any atom is 0.227 e. The lowest BCUT2D eigenvalue weighted by atomic mass is 10.1. The summed E-state index contributed by atoms with van der Waals surface area (Å²) in [5.74, 6) is 0.309. The first kappa shape index (κ1) is 17.3. The fraction of sp³-hybridized carbons (Fsp3) is 0.529. The van der Waals surface area contributed by atoms with E-state index in [0.717, 1.165) is 11.4 Å². The minimum Gasteiger partial charge on any atom is -0.494 e. The van der Waals surface area contributed by atoms with Gasteiger partial charge in [-0.05, 0) is 38.1 Å². The van der Waals surface area contributed by atoms with E-state index < -0.39 is 0 Å². The zero-order chi connectivity index (χ0) is 16.8. The molecule has 0 aliphatic carbocycles. The quantitative estimate of drug-likeness (QED) is 0.828. The molecule has 23 heavy (non-hydrogen) atoms. The topological polar surface area (TPSA) is 67.9 Å². The lowest BCUT2D eigenvalue weighted by molar-refractivity contribution is -0.127. The summed E-state index contributed by atoms with van der Waals surface area (Å²) in [6, 6.07) is 7.29. The second-order valence-electron chi connectivity index (χ2n) is 5.70. The summed E-state index contributed by atoms with van der Waals surface area (Å²) >= 11 is 0. The van der Waals surface area contributed by atoms with Crippen molar-refractivity contribution in [1.82, 2.24) is 5.32 Å². The smallest absolute Gasteiger partial charge is 0.227 e. The van der Waals surface area contributed by atoms with Crippen molar-refractivity contribution >= 4 is 17.5 Å². The van der Waals surface area contributed by atoms with Gasteiger partial charge in [-0.1, -0.05) is 0 Å². The minimum absolute atomic E-state index is 0.0336. The monoisotopic (exact) mass is 320 g/mol. The summed E-state index contributed by atoms with van der Waals surface area (Å²) in [6.07, 6.45) is 0.235. The number of ether oxygens (including phenoxy) is 2. The first-order valence-corrected chi connectivity index (χ1v) is 7.87. The minimum atomic E-state index is -0.326. The molecule has 0 unspecified atom stereocenters. The van der Waals surface area contributed by atoms with Gasteiger partial charge in [-0.3, -0.25) is 9.59 Å². The summed E-state index contributed by atoms with van der Waals surface area (Å²) in [7, 11) is 1.59. The molecule has 2 atom stereocenters. The van der Waals surface area contributed by atoms with Gasteiger partial charge in [-0.2, -0.15) is 0 Å². The molecule has 2 rings (SSSR count). The van der Waals surface area contributed by atoms with Crippen LogP contribution in [0.1, 0.15) is 20.3 Å². The van der Waals surface area contributed by atoms with Crippen LogP contribution in [-0.2, 0) is 14.3 Å². The standard InChI is InChI=1S/C17H24N2O4/c1-4-23-15-7-5-14(6-8-15)19-10-13(9-16(19)20)17(21)18-12(2)11-22-3/h5-8,12-13H,4,9-11H2,1-3H3,(H,18,21)/t12-,13-/m0/s1. The van der Waals surface area contributed by atoms with Crippen molar-refractivity contribution in [2.24, 2.45) is 5.92 Å². The molecule has 0 saturated carbocycles. The number of nitrogens with one attached hydrogen (secondary N) is 1. The summed E-state index contributed by atoms with van der Waals surface area (Å²) in [5.41, 5.74) is 0.790. The highest BCUT2D eigenvalue weighted by Crippen LogP contribution is 2.27. The van der Waals surface area contributed by atoms with E-state index in [1.165, 1.54) is 0 Å². The average Bonchev–Trinajstić information content (AvgIpc) is 2.91. The Hall–Kier alpha value is -2.08. The van der Waals surface area contributed by atoms with Crippen molar-refractivity contribution in [3.63, 3.8) is 0 Å². The van der Waals surface area contributed by atoms with Gasteiger partial charge in [-0.15, -0.1) is 0 Å². The number of nitrogens with zero attached hydrogens (tertiary/aromatic N) is 1. The molecule has 1 aliphatic rings. The Morgan fingerprint density at radius 3 is 2.70 bits per heavy atom. The Kier molecular flexibility index (Phi) is 5.98. The average molecular weight is 320 g/mol. The van der Waals surface area contributed by atoms with Gasteiger partial charge in [0.05, 0.1) is 19.1 Å². The Labute approximate surface area is 136 Å². The molecular weight excluding hydrogens is 296 g/mol. The van der Waals surface area contributed by atoms with Gasteiger partial charge in [0.15, 0.2) is 0 Å². The number of amides is 2. The van der Waals surface area contributed by atoms with Crippen molar-refractivity contribution in [1.29, 1.82) is 0 Å². The van der Waals surface area contributed by atoms with Gasteiger partial charge in [0, 0.05) is 31.8 Å². The first-order valence-electron chi connectivity index (χ1n) is 7.87. The van der Waals surface area contributed by atoms with Gasteiger partial charge in [-0.25, -0.2) is 0 Å². The van der Waals surface area contributed by atoms with Crippen LogP contribution in [0.4, 0.5) is 5.69 Å². The van der Waals surface area contributed by atoms with Crippen LogP contribution in [-0.4, -0.2) is 44.7 Å². The number of rotatable bonds is 7. The SMILES string of the molecule is CCOc1ccc(N2C[C@@H](C(=O)N[C@@H](C)COC)CC2=O)cc1. The zero-order valence-electron chi connectivity index (χ0n) is 13.9. The number of hydrogen-bond acceptors (Lipinski definition) is 4. The van der Waals surface area contributed by atoms with Crippen LogP contribution in [0, 0.1) is 5.92 Å². The molecule has 1 saturated heterocycles. The second kappa shape index (κ2) is 7.97. The van der Waals surface area contributed by atoms with Crippen molar-refractivity contribution < 1.29 is 19.1 Å². The maximum atomic E-state index is 12.2. The van der Waals surface area contributed by atoms with E-state index in [9.17, 15) is 9.59 Å². The molecule has 1 fully saturated rings. The number of methoxy groups -OCH3 is 1. The van der Waals surface area contributed by atoms with Crippen LogP contribution < -0.4 is 15.0 Å². The largest absolute Gasteiger partial charge is 0.494 e. The lowest BCUT2D eigenvalue weighted by Gasteiger charge is -2.18. The van der Waals surface area contributed by atoms with Gasteiger partial charge in [0.25, 0.3) is 0 Å². The Morgan fingerprint density at radius 2 is 2.09 bits per heavy atom. The van der Waals surface area contributed by atoms with Gasteiger partial charge >= 0.3 is 0 Å². The van der Waals surface area contributed by atoms with Crippen molar-refractivity contribution in [3.8, 4) is 5.75 Å². The van der Waals surface area contributed by atoms with Crippen LogP contribution in [0.25, 0.3) is 0 Å². The van der Waals surface area contributed by atoms with Gasteiger partial charge in [0.1, 0.15) is 5.75 Å². The molecule has 0 radical (unpaired) electrons. The summed E-state index contributed by atoms with van der Waals surface area (Å²) in [5, 5.41) is 2.88. The van der Waals surface area contributed by atoms with E-state index in [4.69, 9.17) is 9.47 Å². The summed E-state index contributed by atoms with van der Waals surface area (Å²) < 4.78 is 10.4. The highest BCUT2D eigenvalue weighted by atomic mass is 16.5. The summed E-state index contributed by atoms with van der Waals surface area (Å²) in [4.78, 5) is 26.1. The van der Waals surface area contributed by atoms with E-state index in [-0.39, 0.29) is 30.2 Å². The molecule has 126 valence electrons. The molecule has 1 aromatic rings. The molecule has 0 spiro atoms. The van der Waals surface area contributed by atoms with Crippen molar-refractivity contribution in [2.45, 2.75) is 26.3 Å². The van der Waals surface area contributed by atoms with Gasteiger partial charge < -0.3 is 19.7 Å². The van der Waals surface area contributed by atoms with Crippen molar-refractivity contribution in [3.05, 3.63) is 24.3 Å². The fourth-order valence-electron chi connectivity index (χ4n) is 2.67. The second-order valence-corrected chi connectivity index (χ2v) is 5.70. The normalized spacial score (nSPS) is 18.8. The van der Waals surface area contributed by atoms with Crippen LogP contribution in [0.2, 0.25) is 0 Å². The first-order chi connectivity index (χ1) is 11.0. The van der Waals surface area contributed by atoms with Gasteiger partial charge in [0.2, 0.25) is 11.8 Å². The highest BCUT2D eigenvalue weighted by molar-refractivity contribution is 6.00. The predicted molar refractivity (Wildman–Crippen MR) is 87.6 cm³/mol. The third-order valence-corrected chi connectivity index (χ3v) is 3.76. The molecular formula is C17H24N2O4. The van der Waals surface area contributed by atoms with Crippen molar-refractivity contribution in [2.75, 3.05) is 31.8 Å². The molecule has 0 bridgehead atoms. The van der Waals surface area contributed by atoms with Crippen LogP contribution >= 0.6 is 0 Å². The van der Waals surface area contributed by atoms with E-state index in [1.807, 2.05) is 38.1 Å². The number of benzene rings is 1. The van der Waals surface area contributed by atoms with Crippen LogP contribution in [0.5, 0.6) is 5.75 Å². The Morgan fingerprint density at radius 1 is 1.39 bits per heavy atom. The fourth-order valence-corrected chi connectivity index (χ4v) is 2.67. The zero-order valence-corrected chi connectivity index (χ0v) is 13.9. The molecule has 0 aromatic heterocycles. The van der Waals surface area contributed by atoms with E-state index in [1.54, 1.807) is 12.0 Å². The molecule has 1 N–H and O–H groups in total. The molecule has 6 heteroatoms. The highest BCUT2D eigenvalue weighted by Gasteiger charge is 2.35.